The molecule has 1 aliphatic heterocycles. The highest BCUT2D eigenvalue weighted by Gasteiger charge is 2.44. The summed E-state index contributed by atoms with van der Waals surface area (Å²) >= 11 is 0. The summed E-state index contributed by atoms with van der Waals surface area (Å²) in [6, 6.07) is -1.19. The van der Waals surface area contributed by atoms with Crippen molar-refractivity contribution in [2.75, 3.05) is 13.2 Å². The maximum atomic E-state index is 13.3. The maximum absolute atomic E-state index is 13.3. The molecule has 0 spiro atoms. The Balaban J connectivity index is 2.12. The molecule has 1 heterocycles. The van der Waals surface area contributed by atoms with Crippen molar-refractivity contribution >= 4 is 5.91 Å². The molecule has 11 nitrogen and oxygen atoms in total. The predicted octanol–water partition coefficient (Wildman–Crippen LogP) is 20.7. The van der Waals surface area contributed by atoms with E-state index >= 15 is 0 Å². The number of allylic oxidation sites excluding steroid dienone is 4. The summed E-state index contributed by atoms with van der Waals surface area (Å²) in [5.41, 5.74) is 0. The number of aliphatic hydroxyl groups excluding tert-OH is 7. The summed E-state index contributed by atoms with van der Waals surface area (Å²) in [6.45, 7) is 3.51. The second-order valence-corrected chi connectivity index (χ2v) is 28.5. The van der Waals surface area contributed by atoms with Crippen molar-refractivity contribution in [3.05, 3.63) is 24.3 Å². The Morgan fingerprint density at radius 3 is 0.978 bits per heavy atom. The van der Waals surface area contributed by atoms with Crippen LogP contribution in [0.25, 0.3) is 0 Å². The summed E-state index contributed by atoms with van der Waals surface area (Å²) in [7, 11) is 0. The van der Waals surface area contributed by atoms with E-state index in [1.54, 1.807) is 0 Å². The fourth-order valence-electron chi connectivity index (χ4n) is 13.3. The Labute approximate surface area is 563 Å². The maximum Gasteiger partial charge on any atom is 0.249 e. The highest BCUT2D eigenvalue weighted by molar-refractivity contribution is 5.80. The van der Waals surface area contributed by atoms with E-state index in [0.717, 1.165) is 38.5 Å². The lowest BCUT2D eigenvalue weighted by atomic mass is 9.98. The smallest absolute Gasteiger partial charge is 0.249 e. The zero-order valence-corrected chi connectivity index (χ0v) is 60.1. The number of amides is 1. The Bertz CT molecular complexity index is 1530. The minimum atomic E-state index is -1.67. The molecule has 0 aromatic rings. The molecule has 540 valence electrons. The summed E-state index contributed by atoms with van der Waals surface area (Å²) in [5, 5.41) is 76.6. The molecule has 1 amide bonds. The first-order chi connectivity index (χ1) is 44.7. The van der Waals surface area contributed by atoms with E-state index < -0.39 is 74.2 Å². The van der Waals surface area contributed by atoms with Crippen molar-refractivity contribution in [2.45, 2.75) is 467 Å². The number of ether oxygens (including phenoxy) is 2. The second kappa shape index (κ2) is 68.5. The van der Waals surface area contributed by atoms with Crippen LogP contribution in [0.1, 0.15) is 412 Å². The van der Waals surface area contributed by atoms with Crippen LogP contribution in [0.3, 0.4) is 0 Å². The first-order valence-corrected chi connectivity index (χ1v) is 40.2. The van der Waals surface area contributed by atoms with Crippen LogP contribution in [-0.4, -0.2) is 110 Å². The van der Waals surface area contributed by atoms with E-state index in [1.165, 1.54) is 327 Å². The molecule has 1 saturated heterocycles. The summed E-state index contributed by atoms with van der Waals surface area (Å²) in [4.78, 5) is 13.3. The van der Waals surface area contributed by atoms with E-state index in [-0.39, 0.29) is 12.8 Å². The molecule has 9 unspecified atom stereocenters. The van der Waals surface area contributed by atoms with Gasteiger partial charge in [0.1, 0.15) is 36.6 Å². The molecule has 0 aliphatic carbocycles. The molecule has 0 bridgehead atoms. The van der Waals surface area contributed by atoms with Gasteiger partial charge in [-0.2, -0.15) is 0 Å². The van der Waals surface area contributed by atoms with Gasteiger partial charge in [0.2, 0.25) is 5.91 Å². The van der Waals surface area contributed by atoms with Crippen molar-refractivity contribution in [3.63, 3.8) is 0 Å². The molecule has 0 saturated carbocycles. The first-order valence-electron chi connectivity index (χ1n) is 40.2. The second-order valence-electron chi connectivity index (χ2n) is 28.5. The molecule has 0 aromatic carbocycles. The quantitative estimate of drug-likeness (QED) is 0.0215. The third kappa shape index (κ3) is 55.3. The molecular formula is C80H155NO10. The summed E-state index contributed by atoms with van der Waals surface area (Å²) < 4.78 is 11.2. The molecule has 0 aromatic heterocycles. The minimum absolute atomic E-state index is 0.250. The number of hydrogen-bond acceptors (Lipinski definition) is 10. The lowest BCUT2D eigenvalue weighted by molar-refractivity contribution is -0.303. The van der Waals surface area contributed by atoms with Crippen LogP contribution in [-0.2, 0) is 14.3 Å². The minimum Gasteiger partial charge on any atom is -0.394 e. The van der Waals surface area contributed by atoms with Crippen molar-refractivity contribution < 1.29 is 50.0 Å². The summed E-state index contributed by atoms with van der Waals surface area (Å²) in [5.74, 6) is -0.701. The van der Waals surface area contributed by atoms with Crippen LogP contribution in [0.15, 0.2) is 24.3 Å². The fraction of sp³-hybridized carbons (Fsp3) is 0.938. The molecule has 1 aliphatic rings. The van der Waals surface area contributed by atoms with Crippen LogP contribution >= 0.6 is 0 Å². The number of rotatable bonds is 72. The molecule has 1 rings (SSSR count). The van der Waals surface area contributed by atoms with Crippen LogP contribution in [0, 0.1) is 0 Å². The molecule has 9 atom stereocenters. The summed E-state index contributed by atoms with van der Waals surface area (Å²) in [6.07, 6.45) is 77.4. The van der Waals surface area contributed by atoms with Gasteiger partial charge >= 0.3 is 0 Å². The topological polar surface area (TPSA) is 189 Å². The van der Waals surface area contributed by atoms with E-state index in [9.17, 15) is 40.5 Å². The number of carbonyl (C=O) groups is 1. The number of nitrogens with one attached hydrogen (secondary N) is 1. The van der Waals surface area contributed by atoms with Crippen LogP contribution in [0.2, 0.25) is 0 Å². The zero-order chi connectivity index (χ0) is 66.0. The number of aliphatic hydroxyl groups is 7. The van der Waals surface area contributed by atoms with Crippen LogP contribution in [0.4, 0.5) is 0 Å². The van der Waals surface area contributed by atoms with Gasteiger partial charge in [-0.25, -0.2) is 0 Å². The zero-order valence-electron chi connectivity index (χ0n) is 60.1. The van der Waals surface area contributed by atoms with Gasteiger partial charge in [0.25, 0.3) is 0 Å². The third-order valence-corrected chi connectivity index (χ3v) is 19.7. The third-order valence-electron chi connectivity index (χ3n) is 19.7. The van der Waals surface area contributed by atoms with Gasteiger partial charge in [-0.05, 0) is 51.4 Å². The lowest BCUT2D eigenvalue weighted by Crippen LogP contribution is -2.60. The highest BCUT2D eigenvalue weighted by Crippen LogP contribution is 2.24. The monoisotopic (exact) mass is 1290 g/mol. The van der Waals surface area contributed by atoms with E-state index in [1.807, 2.05) is 0 Å². The number of hydrogen-bond donors (Lipinski definition) is 8. The van der Waals surface area contributed by atoms with Crippen molar-refractivity contribution in [1.82, 2.24) is 5.32 Å². The highest BCUT2D eigenvalue weighted by atomic mass is 16.7. The molecule has 8 N–H and O–H groups in total. The number of carbonyl (C=O) groups excluding carboxylic acids is 1. The molecule has 91 heavy (non-hydrogen) atoms. The Morgan fingerprint density at radius 1 is 0.374 bits per heavy atom. The first kappa shape index (κ1) is 87.6. The van der Waals surface area contributed by atoms with Gasteiger partial charge in [-0.3, -0.25) is 4.79 Å². The largest absolute Gasteiger partial charge is 0.394 e. The average molecular weight is 1290 g/mol. The Kier molecular flexibility index (Phi) is 66.0. The van der Waals surface area contributed by atoms with Crippen molar-refractivity contribution in [1.29, 1.82) is 0 Å². The predicted molar refractivity (Wildman–Crippen MR) is 386 cm³/mol. The van der Waals surface area contributed by atoms with Gasteiger partial charge in [0, 0.05) is 0 Å². The fourth-order valence-corrected chi connectivity index (χ4v) is 13.3. The standard InChI is InChI=1S/C80H155NO10/c1-3-5-7-9-11-13-15-17-19-21-23-25-27-29-31-32-33-34-35-36-37-38-39-40-41-42-44-46-48-50-52-54-56-58-60-62-64-66-68-73(84)79(89)81-71(70-90-80-78(88)77(87)76(86)74(69-82)91-80)75(85)72(83)67-65-63-61-59-57-55-53-51-49-47-45-43-30-28-26-24-22-20-18-16-14-12-10-8-6-4-2/h51,53,59,61,71-78,80,82-88H,3-50,52,54-58,60,62-70H2,1-2H3,(H,81,89)/b53-51+,61-59+. The van der Waals surface area contributed by atoms with Gasteiger partial charge in [0.05, 0.1) is 25.4 Å². The van der Waals surface area contributed by atoms with E-state index in [0.29, 0.717) is 19.3 Å². The van der Waals surface area contributed by atoms with E-state index in [4.69, 9.17) is 9.47 Å². The van der Waals surface area contributed by atoms with Crippen LogP contribution < -0.4 is 5.32 Å². The van der Waals surface area contributed by atoms with Crippen molar-refractivity contribution in [2.24, 2.45) is 0 Å². The Morgan fingerprint density at radius 2 is 0.659 bits per heavy atom. The average Bonchev–Trinajstić information content (AvgIpc) is 1.21. The number of unbranched alkanes of at least 4 members (excludes halogenated alkanes) is 56. The van der Waals surface area contributed by atoms with Gasteiger partial charge in [-0.15, -0.1) is 0 Å². The van der Waals surface area contributed by atoms with Gasteiger partial charge < -0.3 is 50.5 Å². The SMILES string of the molecule is CCCCCCCCCCCCCCCCCCC/C=C/CC/C=C/CCCC(O)C(O)C(COC1OC(CO)C(O)C(O)C1O)NC(=O)C(O)CCCCCCCCCCCCCCCCCCCCCCCCCCCCCCCCCCCCCCCC. The van der Waals surface area contributed by atoms with Crippen molar-refractivity contribution in [3.8, 4) is 0 Å². The van der Waals surface area contributed by atoms with E-state index in [2.05, 4.69) is 43.5 Å². The normalized spacial score (nSPS) is 18.5. The lowest BCUT2D eigenvalue weighted by Gasteiger charge is -2.40. The molecule has 0 radical (unpaired) electrons. The Hall–Kier alpha value is -1.41. The molecular weight excluding hydrogens is 1130 g/mol. The molecule has 1 fully saturated rings. The van der Waals surface area contributed by atoms with Gasteiger partial charge in [-0.1, -0.05) is 385 Å². The molecule has 11 heteroatoms. The van der Waals surface area contributed by atoms with Crippen LogP contribution in [0.5, 0.6) is 0 Å². The van der Waals surface area contributed by atoms with Gasteiger partial charge in [0.15, 0.2) is 6.29 Å².